The monoisotopic (exact) mass is 283 g/mol. The maximum atomic E-state index is 12.1. The van der Waals surface area contributed by atoms with E-state index in [2.05, 4.69) is 24.5 Å². The predicted octanol–water partition coefficient (Wildman–Crippen LogP) is 2.62. The van der Waals surface area contributed by atoms with E-state index in [4.69, 9.17) is 0 Å². The lowest BCUT2D eigenvalue weighted by molar-refractivity contribution is -0.111. The zero-order valence-corrected chi connectivity index (χ0v) is 12.7. The van der Waals surface area contributed by atoms with Gasteiger partial charge in [0, 0.05) is 32.6 Å². The second-order valence-corrected chi connectivity index (χ2v) is 5.07. The molecule has 0 atom stereocenters. The SMILES string of the molecule is CCc1cccc(N2C=CC=C(C(=O)/C=C/N(C)C)N2)c1. The van der Waals surface area contributed by atoms with Gasteiger partial charge in [-0.3, -0.25) is 15.2 Å². The second kappa shape index (κ2) is 6.79. The summed E-state index contributed by atoms with van der Waals surface area (Å²) >= 11 is 0. The van der Waals surface area contributed by atoms with Gasteiger partial charge in [-0.25, -0.2) is 0 Å². The van der Waals surface area contributed by atoms with E-state index in [-0.39, 0.29) is 5.78 Å². The topological polar surface area (TPSA) is 35.6 Å². The highest BCUT2D eigenvalue weighted by Gasteiger charge is 2.13. The molecule has 0 aromatic heterocycles. The van der Waals surface area contributed by atoms with Crippen LogP contribution in [0.4, 0.5) is 5.69 Å². The average Bonchev–Trinajstić information content (AvgIpc) is 2.52. The minimum atomic E-state index is -0.0512. The van der Waals surface area contributed by atoms with Crippen LogP contribution >= 0.6 is 0 Å². The van der Waals surface area contributed by atoms with Gasteiger partial charge in [-0.2, -0.15) is 0 Å². The summed E-state index contributed by atoms with van der Waals surface area (Å²) in [5.41, 5.74) is 5.96. The number of benzene rings is 1. The van der Waals surface area contributed by atoms with Gasteiger partial charge < -0.3 is 4.90 Å². The fraction of sp³-hybridized carbons (Fsp3) is 0.235. The first kappa shape index (κ1) is 14.9. The molecule has 0 saturated heterocycles. The molecule has 1 aliphatic heterocycles. The Morgan fingerprint density at radius 1 is 1.38 bits per heavy atom. The number of allylic oxidation sites excluding steroid dienone is 3. The Morgan fingerprint density at radius 3 is 2.90 bits per heavy atom. The van der Waals surface area contributed by atoms with Gasteiger partial charge in [0.15, 0.2) is 0 Å². The molecule has 0 spiro atoms. The van der Waals surface area contributed by atoms with Crippen LogP contribution in [0, 0.1) is 0 Å². The van der Waals surface area contributed by atoms with Crippen molar-refractivity contribution in [1.82, 2.24) is 10.3 Å². The van der Waals surface area contributed by atoms with Crippen LogP contribution in [0.1, 0.15) is 12.5 Å². The normalized spacial score (nSPS) is 14.0. The van der Waals surface area contributed by atoms with Gasteiger partial charge in [-0.15, -0.1) is 0 Å². The van der Waals surface area contributed by atoms with Gasteiger partial charge in [0.25, 0.3) is 0 Å². The van der Waals surface area contributed by atoms with E-state index in [1.165, 1.54) is 5.56 Å². The summed E-state index contributed by atoms with van der Waals surface area (Å²) in [7, 11) is 3.77. The lowest BCUT2D eigenvalue weighted by Crippen LogP contribution is -2.37. The number of hydrogen-bond acceptors (Lipinski definition) is 4. The molecule has 1 N–H and O–H groups in total. The van der Waals surface area contributed by atoms with E-state index in [0.717, 1.165) is 12.1 Å². The Morgan fingerprint density at radius 2 is 2.19 bits per heavy atom. The fourth-order valence-electron chi connectivity index (χ4n) is 1.95. The standard InChI is InChI=1S/C17H21N3O/c1-4-14-7-5-8-15(13-14)20-11-6-9-16(18-20)17(21)10-12-19(2)3/h5-13,18H,4H2,1-3H3/b12-10+. The van der Waals surface area contributed by atoms with Gasteiger partial charge in [0.05, 0.1) is 5.69 Å². The first-order valence-corrected chi connectivity index (χ1v) is 7.02. The molecule has 0 fully saturated rings. The van der Waals surface area contributed by atoms with E-state index in [0.29, 0.717) is 5.70 Å². The van der Waals surface area contributed by atoms with Crippen molar-refractivity contribution in [2.75, 3.05) is 19.1 Å². The van der Waals surface area contributed by atoms with Crippen LogP contribution in [0.15, 0.2) is 60.6 Å². The molecular weight excluding hydrogens is 262 g/mol. The number of nitrogens with zero attached hydrogens (tertiary/aromatic N) is 2. The van der Waals surface area contributed by atoms with Crippen LogP contribution in [0.5, 0.6) is 0 Å². The Labute approximate surface area is 126 Å². The third-order valence-corrected chi connectivity index (χ3v) is 3.13. The number of aryl methyl sites for hydroxylation is 1. The quantitative estimate of drug-likeness (QED) is 0.843. The molecular formula is C17H21N3O. The summed E-state index contributed by atoms with van der Waals surface area (Å²) in [6, 6.07) is 8.24. The van der Waals surface area contributed by atoms with E-state index in [1.54, 1.807) is 18.4 Å². The summed E-state index contributed by atoms with van der Waals surface area (Å²) in [4.78, 5) is 13.9. The third-order valence-electron chi connectivity index (χ3n) is 3.13. The van der Waals surface area contributed by atoms with Crippen LogP contribution < -0.4 is 10.4 Å². The summed E-state index contributed by atoms with van der Waals surface area (Å²) in [5, 5.41) is 1.86. The number of hydrazine groups is 1. The van der Waals surface area contributed by atoms with Gasteiger partial charge in [0.1, 0.15) is 5.70 Å². The van der Waals surface area contributed by atoms with E-state index < -0.39 is 0 Å². The largest absolute Gasteiger partial charge is 0.383 e. The second-order valence-electron chi connectivity index (χ2n) is 5.07. The van der Waals surface area contributed by atoms with Crippen LogP contribution in [0.2, 0.25) is 0 Å². The number of rotatable bonds is 5. The van der Waals surface area contributed by atoms with Crippen molar-refractivity contribution in [1.29, 1.82) is 0 Å². The number of carbonyl (C=O) groups excluding carboxylic acids is 1. The molecule has 4 nitrogen and oxygen atoms in total. The Hall–Kier alpha value is -2.49. The Kier molecular flexibility index (Phi) is 4.82. The zero-order chi connectivity index (χ0) is 15.2. The van der Waals surface area contributed by atoms with Crippen molar-refractivity contribution in [2.24, 2.45) is 0 Å². The van der Waals surface area contributed by atoms with E-state index in [9.17, 15) is 4.79 Å². The van der Waals surface area contributed by atoms with Crippen molar-refractivity contribution in [3.63, 3.8) is 0 Å². The molecule has 0 radical (unpaired) electrons. The molecule has 1 aromatic rings. The highest BCUT2D eigenvalue weighted by Crippen LogP contribution is 2.18. The molecule has 0 unspecified atom stereocenters. The molecule has 1 aliphatic rings. The number of hydrogen-bond donors (Lipinski definition) is 1. The molecule has 110 valence electrons. The number of carbonyl (C=O) groups is 1. The molecule has 0 saturated carbocycles. The van der Waals surface area contributed by atoms with Crippen LogP contribution in [-0.4, -0.2) is 24.8 Å². The van der Waals surface area contributed by atoms with Crippen molar-refractivity contribution in [3.05, 3.63) is 66.2 Å². The van der Waals surface area contributed by atoms with Gasteiger partial charge in [0.2, 0.25) is 5.78 Å². The molecule has 1 aromatic carbocycles. The predicted molar refractivity (Wildman–Crippen MR) is 86.5 cm³/mol. The van der Waals surface area contributed by atoms with Gasteiger partial charge >= 0.3 is 0 Å². The number of nitrogens with one attached hydrogen (secondary N) is 1. The van der Waals surface area contributed by atoms with Crippen LogP contribution in [0.3, 0.4) is 0 Å². The lowest BCUT2D eigenvalue weighted by Gasteiger charge is -2.26. The van der Waals surface area contributed by atoms with Gasteiger partial charge in [-0.1, -0.05) is 19.1 Å². The molecule has 0 amide bonds. The van der Waals surface area contributed by atoms with Crippen LogP contribution in [-0.2, 0) is 11.2 Å². The average molecular weight is 283 g/mol. The molecule has 4 heteroatoms. The molecule has 0 aliphatic carbocycles. The molecule has 1 heterocycles. The van der Waals surface area contributed by atoms with E-state index >= 15 is 0 Å². The highest BCUT2D eigenvalue weighted by atomic mass is 16.1. The summed E-state index contributed by atoms with van der Waals surface area (Å²) in [6.45, 7) is 2.12. The summed E-state index contributed by atoms with van der Waals surface area (Å²) in [5.74, 6) is -0.0512. The molecule has 0 bridgehead atoms. The highest BCUT2D eigenvalue weighted by molar-refractivity contribution is 6.04. The summed E-state index contributed by atoms with van der Waals surface area (Å²) < 4.78 is 0. The van der Waals surface area contributed by atoms with Gasteiger partial charge in [-0.05, 0) is 36.3 Å². The first-order chi connectivity index (χ1) is 10.1. The Bertz CT molecular complexity index is 600. The van der Waals surface area contributed by atoms with E-state index in [1.807, 2.05) is 48.4 Å². The smallest absolute Gasteiger partial charge is 0.204 e. The van der Waals surface area contributed by atoms with Crippen molar-refractivity contribution in [2.45, 2.75) is 13.3 Å². The zero-order valence-electron chi connectivity index (χ0n) is 12.7. The van der Waals surface area contributed by atoms with Crippen LogP contribution in [0.25, 0.3) is 0 Å². The first-order valence-electron chi connectivity index (χ1n) is 7.02. The summed E-state index contributed by atoms with van der Waals surface area (Å²) in [6.07, 6.45) is 9.83. The number of ketones is 1. The maximum Gasteiger partial charge on any atom is 0.204 e. The van der Waals surface area contributed by atoms with Crippen molar-refractivity contribution < 1.29 is 4.79 Å². The number of anilines is 1. The van der Waals surface area contributed by atoms with Crippen molar-refractivity contribution >= 4 is 11.5 Å². The minimum absolute atomic E-state index is 0.0512. The fourth-order valence-corrected chi connectivity index (χ4v) is 1.95. The molecule has 2 rings (SSSR count). The minimum Gasteiger partial charge on any atom is -0.383 e. The lowest BCUT2D eigenvalue weighted by atomic mass is 10.1. The molecule has 21 heavy (non-hydrogen) atoms. The van der Waals surface area contributed by atoms with Crippen molar-refractivity contribution in [3.8, 4) is 0 Å². The maximum absolute atomic E-state index is 12.1. The Balaban J connectivity index is 2.12. The third kappa shape index (κ3) is 3.99.